The molecule has 13 heteroatoms. The molecule has 1 atom stereocenters. The number of benzene rings is 2. The summed E-state index contributed by atoms with van der Waals surface area (Å²) in [5.41, 5.74) is -0.140. The molecule has 3 aromatic rings. The maximum atomic E-state index is 14.3. The first kappa shape index (κ1) is 27.8. The van der Waals surface area contributed by atoms with E-state index < -0.39 is 29.6 Å². The van der Waals surface area contributed by atoms with Gasteiger partial charge in [0.1, 0.15) is 11.5 Å². The minimum Gasteiger partial charge on any atom is -0.464 e. The molecule has 0 bridgehead atoms. The van der Waals surface area contributed by atoms with Gasteiger partial charge in [0.15, 0.2) is 17.7 Å². The van der Waals surface area contributed by atoms with Crippen LogP contribution in [0.25, 0.3) is 34.2 Å². The van der Waals surface area contributed by atoms with Crippen LogP contribution in [0.2, 0.25) is 0 Å². The number of esters is 1. The molecule has 5 rings (SSSR count). The van der Waals surface area contributed by atoms with Crippen molar-refractivity contribution in [2.45, 2.75) is 25.6 Å². The second-order valence-corrected chi connectivity index (χ2v) is 9.09. The van der Waals surface area contributed by atoms with E-state index in [1.165, 1.54) is 59.6 Å². The quantitative estimate of drug-likeness (QED) is 0.161. The van der Waals surface area contributed by atoms with Gasteiger partial charge in [0.05, 0.1) is 35.4 Å². The average molecular weight is 567 g/mol. The van der Waals surface area contributed by atoms with Crippen molar-refractivity contribution in [3.8, 4) is 34.2 Å². The number of hydrogen-bond donors (Lipinski definition) is 1. The summed E-state index contributed by atoms with van der Waals surface area (Å²) in [5, 5.41) is 17.1. The number of carbonyl (C=O) groups excluding carboxylic acids is 1. The molecule has 1 N–H and O–H groups in total. The topological polar surface area (TPSA) is 116 Å². The van der Waals surface area contributed by atoms with Crippen molar-refractivity contribution < 1.29 is 32.2 Å². The molecule has 2 aliphatic heterocycles. The normalized spacial score (nSPS) is 12.4. The Morgan fingerprint density at radius 3 is 2.51 bits per heavy atom. The highest BCUT2D eigenvalue weighted by Crippen LogP contribution is 2.37. The van der Waals surface area contributed by atoms with E-state index in [9.17, 15) is 22.4 Å². The highest BCUT2D eigenvalue weighted by molar-refractivity contribution is 5.78. The molecule has 3 heterocycles. The van der Waals surface area contributed by atoms with E-state index in [4.69, 9.17) is 9.84 Å². The fourth-order valence-electron chi connectivity index (χ4n) is 4.19. The van der Waals surface area contributed by atoms with Gasteiger partial charge in [0.25, 0.3) is 0 Å². The van der Waals surface area contributed by atoms with E-state index in [2.05, 4.69) is 25.1 Å². The molecule has 0 amide bonds. The lowest BCUT2D eigenvalue weighted by Gasteiger charge is -2.19. The summed E-state index contributed by atoms with van der Waals surface area (Å²) in [6, 6.07) is 11.3. The summed E-state index contributed by atoms with van der Waals surface area (Å²) in [7, 11) is 0. The molecule has 1 aromatic heterocycles. The molecule has 0 aliphatic carbocycles. The van der Waals surface area contributed by atoms with Gasteiger partial charge in [0, 0.05) is 24.8 Å². The van der Waals surface area contributed by atoms with Crippen LogP contribution in [-0.4, -0.2) is 54.0 Å². The smallest absolute Gasteiger partial charge is 0.417 e. The van der Waals surface area contributed by atoms with Gasteiger partial charge < -0.3 is 14.4 Å². The Morgan fingerprint density at radius 2 is 1.80 bits per heavy atom. The van der Waals surface area contributed by atoms with Gasteiger partial charge in [-0.1, -0.05) is 29.8 Å². The lowest BCUT2D eigenvalue weighted by atomic mass is 10.0. The number of hydrogen-bond acceptors (Lipinski definition) is 8. The maximum absolute atomic E-state index is 14.3. The molecular weight excluding hydrogens is 544 g/mol. The Hall–Kier alpha value is -4.78. The number of imidazole rings is 1. The Kier molecular flexibility index (Phi) is 7.70. The van der Waals surface area contributed by atoms with Crippen molar-refractivity contribution in [1.82, 2.24) is 29.7 Å². The zero-order chi connectivity index (χ0) is 29.1. The lowest BCUT2D eigenvalue weighted by molar-refractivity contribution is -0.146. The average Bonchev–Trinajstić information content (AvgIpc) is 3.37. The van der Waals surface area contributed by atoms with Crippen LogP contribution in [0.5, 0.6) is 0 Å². The third-order valence-electron chi connectivity index (χ3n) is 6.16. The number of fused-ring (bicyclic) bond motifs is 1. The Morgan fingerprint density at radius 1 is 1.00 bits per heavy atom. The third kappa shape index (κ3) is 5.89. The van der Waals surface area contributed by atoms with Crippen LogP contribution in [0.1, 0.15) is 29.3 Å². The number of alkyl halides is 3. The number of nitrogens with zero attached hydrogens (tertiary/aromatic N) is 6. The highest BCUT2D eigenvalue weighted by Gasteiger charge is 2.34. The monoisotopic (exact) mass is 566 g/mol. The van der Waals surface area contributed by atoms with Gasteiger partial charge in [0.2, 0.25) is 0 Å². The first-order valence-electron chi connectivity index (χ1n) is 12.4. The van der Waals surface area contributed by atoms with Crippen molar-refractivity contribution in [3.63, 3.8) is 0 Å². The number of halogens is 4. The minimum atomic E-state index is -4.61. The van der Waals surface area contributed by atoms with E-state index in [-0.39, 0.29) is 59.5 Å². The van der Waals surface area contributed by atoms with E-state index in [0.29, 0.717) is 5.56 Å². The van der Waals surface area contributed by atoms with Gasteiger partial charge >= 0.3 is 12.1 Å². The van der Waals surface area contributed by atoms with E-state index >= 15 is 0 Å². The number of aliphatic hydroxyl groups is 1. The maximum Gasteiger partial charge on any atom is 0.417 e. The minimum absolute atomic E-state index is 0.0384. The third-order valence-corrected chi connectivity index (χ3v) is 6.16. The Balaban J connectivity index is 1.53. The summed E-state index contributed by atoms with van der Waals surface area (Å²) in [5.74, 6) is -0.981. The predicted molar refractivity (Wildman–Crippen MR) is 138 cm³/mol. The summed E-state index contributed by atoms with van der Waals surface area (Å²) in [6.07, 6.45) is -1.68. The summed E-state index contributed by atoms with van der Waals surface area (Å²) >= 11 is 0. The summed E-state index contributed by atoms with van der Waals surface area (Å²) < 4.78 is 62.0. The molecule has 0 radical (unpaired) electrons. The molecular formula is C28H22F4N6O3. The zero-order valence-corrected chi connectivity index (χ0v) is 21.5. The van der Waals surface area contributed by atoms with Crippen LogP contribution >= 0.6 is 0 Å². The molecule has 2 aliphatic rings. The van der Waals surface area contributed by atoms with E-state index in [1.807, 2.05) is 0 Å². The Bertz CT molecular complexity index is 1660. The molecule has 1 unspecified atom stereocenters. The molecule has 0 saturated heterocycles. The number of aromatic nitrogens is 6. The van der Waals surface area contributed by atoms with Crippen molar-refractivity contribution in [2.24, 2.45) is 0 Å². The first-order valence-corrected chi connectivity index (χ1v) is 12.4. The SMILES string of the molecule is Cc1ccc(-c2ccc(C(C(=O)OCCCO)n3cnc4nc(-c5ccccc5F)nc-4c3)nn2)c(C(F)(F)F)c1. The van der Waals surface area contributed by atoms with Crippen molar-refractivity contribution in [3.05, 3.63) is 89.8 Å². The van der Waals surface area contributed by atoms with E-state index in [0.717, 1.165) is 6.07 Å². The van der Waals surface area contributed by atoms with Crippen LogP contribution in [0, 0.1) is 12.7 Å². The van der Waals surface area contributed by atoms with Gasteiger partial charge in [-0.15, -0.1) is 0 Å². The van der Waals surface area contributed by atoms with Gasteiger partial charge in [-0.3, -0.25) is 0 Å². The Labute approximate surface area is 230 Å². The number of ether oxygens (including phenoxy) is 1. The largest absolute Gasteiger partial charge is 0.464 e. The zero-order valence-electron chi connectivity index (χ0n) is 21.5. The highest BCUT2D eigenvalue weighted by atomic mass is 19.4. The number of rotatable bonds is 8. The molecule has 2 aromatic carbocycles. The standard InChI is InChI=1S/C28H22F4N6O3/c1-16-7-8-17(19(13-16)28(30,31)32)21-9-10-22(37-36-21)24(27(40)41-12-4-11-39)38-14-23-26(33-15-38)35-25(34-23)18-5-2-3-6-20(18)29/h2-3,5-10,13-15,24,39H,4,11-12H2,1H3. The second kappa shape index (κ2) is 11.4. The number of carbonyl (C=O) groups is 1. The number of aryl methyl sites for hydroxylation is 1. The molecule has 0 spiro atoms. The fourth-order valence-corrected chi connectivity index (χ4v) is 4.19. The van der Waals surface area contributed by atoms with Crippen molar-refractivity contribution >= 4 is 5.97 Å². The van der Waals surface area contributed by atoms with Gasteiger partial charge in [-0.2, -0.15) is 23.4 Å². The fraction of sp³-hybridized carbons (Fsp3) is 0.214. The van der Waals surface area contributed by atoms with E-state index in [1.54, 1.807) is 13.0 Å². The molecule has 9 nitrogen and oxygen atoms in total. The van der Waals surface area contributed by atoms with Crippen molar-refractivity contribution in [2.75, 3.05) is 13.2 Å². The molecule has 210 valence electrons. The number of aliphatic hydroxyl groups excluding tert-OH is 1. The first-order chi connectivity index (χ1) is 19.7. The van der Waals surface area contributed by atoms with Crippen LogP contribution in [0.3, 0.4) is 0 Å². The molecule has 0 fully saturated rings. The van der Waals surface area contributed by atoms with Crippen LogP contribution in [-0.2, 0) is 15.7 Å². The summed E-state index contributed by atoms with van der Waals surface area (Å²) in [4.78, 5) is 26.0. The summed E-state index contributed by atoms with van der Waals surface area (Å²) in [6.45, 7) is 1.27. The van der Waals surface area contributed by atoms with Crippen LogP contribution in [0.4, 0.5) is 17.6 Å². The lowest BCUT2D eigenvalue weighted by Crippen LogP contribution is -2.25. The van der Waals surface area contributed by atoms with Crippen LogP contribution in [0.15, 0.2) is 67.1 Å². The molecule has 41 heavy (non-hydrogen) atoms. The van der Waals surface area contributed by atoms with Crippen LogP contribution < -0.4 is 0 Å². The second-order valence-electron chi connectivity index (χ2n) is 9.09. The molecule has 0 saturated carbocycles. The van der Waals surface area contributed by atoms with Gasteiger partial charge in [-0.05, 0) is 37.3 Å². The van der Waals surface area contributed by atoms with Gasteiger partial charge in [-0.25, -0.2) is 24.1 Å². The van der Waals surface area contributed by atoms with Crippen molar-refractivity contribution in [1.29, 1.82) is 0 Å². The predicted octanol–water partition coefficient (Wildman–Crippen LogP) is 4.88.